The molecule has 0 bridgehead atoms. The highest BCUT2D eigenvalue weighted by Crippen LogP contribution is 2.20. The van der Waals surface area contributed by atoms with Crippen LogP contribution in [-0.4, -0.2) is 17.7 Å². The molecule has 1 unspecified atom stereocenters. The molecule has 3 heteroatoms. The number of hydrogen-bond donors (Lipinski definition) is 2. The van der Waals surface area contributed by atoms with Gasteiger partial charge in [-0.3, -0.25) is 0 Å². The van der Waals surface area contributed by atoms with E-state index in [1.807, 2.05) is 24.3 Å². The van der Waals surface area contributed by atoms with Crippen LogP contribution in [0.25, 0.3) is 0 Å². The summed E-state index contributed by atoms with van der Waals surface area (Å²) in [6.45, 7) is 0.616. The van der Waals surface area contributed by atoms with Crippen molar-refractivity contribution in [3.8, 4) is 0 Å². The third-order valence-corrected chi connectivity index (χ3v) is 3.92. The average molecular weight is 268 g/mol. The third-order valence-electron chi connectivity index (χ3n) is 3.69. The molecule has 2 nitrogen and oxygen atoms in total. The van der Waals surface area contributed by atoms with Gasteiger partial charge in [-0.25, -0.2) is 0 Å². The standard InChI is InChI=1S/C15H22ClNO/c16-13-7-5-6-12(10-13)15(18)11-17-14-8-3-1-2-4-9-14/h5-7,10,14-15,17-18H,1-4,8-9,11H2. The average Bonchev–Trinajstić information content (AvgIpc) is 2.64. The van der Waals surface area contributed by atoms with Gasteiger partial charge in [0.25, 0.3) is 0 Å². The molecular weight excluding hydrogens is 246 g/mol. The summed E-state index contributed by atoms with van der Waals surface area (Å²) >= 11 is 5.93. The molecule has 2 rings (SSSR count). The minimum absolute atomic E-state index is 0.466. The van der Waals surface area contributed by atoms with Crippen LogP contribution in [0.15, 0.2) is 24.3 Å². The number of aliphatic hydroxyl groups excluding tert-OH is 1. The topological polar surface area (TPSA) is 32.3 Å². The van der Waals surface area contributed by atoms with Gasteiger partial charge in [0.1, 0.15) is 0 Å². The molecule has 0 amide bonds. The van der Waals surface area contributed by atoms with Gasteiger partial charge in [0.05, 0.1) is 6.10 Å². The van der Waals surface area contributed by atoms with Gasteiger partial charge in [0, 0.05) is 17.6 Å². The Morgan fingerprint density at radius 2 is 1.94 bits per heavy atom. The van der Waals surface area contributed by atoms with Crippen LogP contribution in [-0.2, 0) is 0 Å². The maximum Gasteiger partial charge on any atom is 0.0914 e. The molecule has 1 aliphatic rings. The Bertz CT molecular complexity index is 361. The molecule has 1 fully saturated rings. The van der Waals surface area contributed by atoms with E-state index < -0.39 is 6.10 Å². The van der Waals surface area contributed by atoms with E-state index in [0.29, 0.717) is 17.6 Å². The monoisotopic (exact) mass is 267 g/mol. The Balaban J connectivity index is 1.82. The van der Waals surface area contributed by atoms with E-state index >= 15 is 0 Å². The fourth-order valence-corrected chi connectivity index (χ4v) is 2.79. The molecule has 100 valence electrons. The van der Waals surface area contributed by atoms with E-state index in [4.69, 9.17) is 11.6 Å². The normalized spacial score (nSPS) is 19.4. The largest absolute Gasteiger partial charge is 0.387 e. The fourth-order valence-electron chi connectivity index (χ4n) is 2.59. The molecule has 1 aromatic carbocycles. The molecule has 1 saturated carbocycles. The molecule has 1 atom stereocenters. The fraction of sp³-hybridized carbons (Fsp3) is 0.600. The van der Waals surface area contributed by atoms with E-state index in [1.54, 1.807) is 0 Å². The second-order valence-electron chi connectivity index (χ2n) is 5.17. The Hall–Kier alpha value is -0.570. The maximum atomic E-state index is 10.1. The van der Waals surface area contributed by atoms with E-state index in [9.17, 15) is 5.11 Å². The zero-order valence-electron chi connectivity index (χ0n) is 10.7. The highest BCUT2D eigenvalue weighted by molar-refractivity contribution is 6.30. The number of rotatable bonds is 4. The molecule has 0 aliphatic heterocycles. The van der Waals surface area contributed by atoms with E-state index in [0.717, 1.165) is 5.56 Å². The van der Waals surface area contributed by atoms with Crippen LogP contribution in [0, 0.1) is 0 Å². The predicted molar refractivity (Wildman–Crippen MR) is 75.9 cm³/mol. The van der Waals surface area contributed by atoms with Crippen LogP contribution in [0.1, 0.15) is 50.2 Å². The maximum absolute atomic E-state index is 10.1. The molecule has 1 aliphatic carbocycles. The second-order valence-corrected chi connectivity index (χ2v) is 5.60. The third kappa shape index (κ3) is 4.27. The number of benzene rings is 1. The zero-order chi connectivity index (χ0) is 12.8. The summed E-state index contributed by atoms with van der Waals surface area (Å²) in [6.07, 6.45) is 7.34. The van der Waals surface area contributed by atoms with Crippen molar-refractivity contribution < 1.29 is 5.11 Å². The smallest absolute Gasteiger partial charge is 0.0914 e. The minimum Gasteiger partial charge on any atom is -0.387 e. The number of halogens is 1. The second kappa shape index (κ2) is 7.13. The summed E-state index contributed by atoms with van der Waals surface area (Å²) in [7, 11) is 0. The molecule has 0 spiro atoms. The van der Waals surface area contributed by atoms with Crippen LogP contribution in [0.2, 0.25) is 5.02 Å². The van der Waals surface area contributed by atoms with Crippen molar-refractivity contribution in [2.45, 2.75) is 50.7 Å². The lowest BCUT2D eigenvalue weighted by Gasteiger charge is -2.19. The highest BCUT2D eigenvalue weighted by atomic mass is 35.5. The highest BCUT2D eigenvalue weighted by Gasteiger charge is 2.14. The minimum atomic E-state index is -0.466. The molecule has 0 heterocycles. The Kier molecular flexibility index (Phi) is 5.48. The number of hydrogen-bond acceptors (Lipinski definition) is 2. The summed E-state index contributed by atoms with van der Waals surface area (Å²) in [5.74, 6) is 0. The lowest BCUT2D eigenvalue weighted by atomic mass is 10.1. The summed E-state index contributed by atoms with van der Waals surface area (Å²) in [5, 5.41) is 14.3. The Morgan fingerprint density at radius 3 is 2.61 bits per heavy atom. The van der Waals surface area contributed by atoms with Crippen molar-refractivity contribution in [1.82, 2.24) is 5.32 Å². The van der Waals surface area contributed by atoms with Crippen molar-refractivity contribution in [1.29, 1.82) is 0 Å². The molecular formula is C15H22ClNO. The van der Waals surface area contributed by atoms with Gasteiger partial charge in [0.15, 0.2) is 0 Å². The van der Waals surface area contributed by atoms with E-state index in [-0.39, 0.29) is 0 Å². The molecule has 0 aromatic heterocycles. The van der Waals surface area contributed by atoms with Gasteiger partial charge in [-0.2, -0.15) is 0 Å². The molecule has 0 saturated heterocycles. The van der Waals surface area contributed by atoms with E-state index in [1.165, 1.54) is 38.5 Å². The summed E-state index contributed by atoms with van der Waals surface area (Å²) in [5.41, 5.74) is 0.892. The molecule has 18 heavy (non-hydrogen) atoms. The Morgan fingerprint density at radius 1 is 1.22 bits per heavy atom. The molecule has 2 N–H and O–H groups in total. The summed E-state index contributed by atoms with van der Waals surface area (Å²) < 4.78 is 0. The van der Waals surface area contributed by atoms with Crippen LogP contribution >= 0.6 is 11.6 Å². The SMILES string of the molecule is OC(CNC1CCCCCC1)c1cccc(Cl)c1. The zero-order valence-corrected chi connectivity index (χ0v) is 11.5. The van der Waals surface area contributed by atoms with Crippen LogP contribution < -0.4 is 5.32 Å². The van der Waals surface area contributed by atoms with Gasteiger partial charge in [-0.05, 0) is 30.5 Å². The first-order chi connectivity index (χ1) is 8.75. The first kappa shape index (κ1) is 13.9. The van der Waals surface area contributed by atoms with Gasteiger partial charge < -0.3 is 10.4 Å². The number of nitrogens with one attached hydrogen (secondary N) is 1. The lowest BCUT2D eigenvalue weighted by Crippen LogP contribution is -2.32. The molecule has 1 aromatic rings. The van der Waals surface area contributed by atoms with Gasteiger partial charge in [0.2, 0.25) is 0 Å². The van der Waals surface area contributed by atoms with Gasteiger partial charge in [-0.15, -0.1) is 0 Å². The van der Waals surface area contributed by atoms with Gasteiger partial charge in [-0.1, -0.05) is 49.4 Å². The summed E-state index contributed by atoms with van der Waals surface area (Å²) in [6, 6.07) is 8.04. The lowest BCUT2D eigenvalue weighted by molar-refractivity contribution is 0.168. The van der Waals surface area contributed by atoms with Crippen LogP contribution in [0.4, 0.5) is 0 Å². The number of aliphatic hydroxyl groups is 1. The van der Waals surface area contributed by atoms with Crippen molar-refractivity contribution in [2.75, 3.05) is 6.54 Å². The first-order valence-electron chi connectivity index (χ1n) is 6.92. The van der Waals surface area contributed by atoms with Crippen LogP contribution in [0.3, 0.4) is 0 Å². The van der Waals surface area contributed by atoms with Crippen molar-refractivity contribution in [2.24, 2.45) is 0 Å². The molecule has 0 radical (unpaired) electrons. The van der Waals surface area contributed by atoms with Crippen molar-refractivity contribution in [3.63, 3.8) is 0 Å². The quantitative estimate of drug-likeness (QED) is 0.816. The Labute approximate surface area is 114 Å². The predicted octanol–water partition coefficient (Wildman–Crippen LogP) is 3.69. The van der Waals surface area contributed by atoms with Crippen molar-refractivity contribution in [3.05, 3.63) is 34.9 Å². The summed E-state index contributed by atoms with van der Waals surface area (Å²) in [4.78, 5) is 0. The van der Waals surface area contributed by atoms with Crippen LogP contribution in [0.5, 0.6) is 0 Å². The van der Waals surface area contributed by atoms with Gasteiger partial charge >= 0.3 is 0 Å². The van der Waals surface area contributed by atoms with Crippen molar-refractivity contribution >= 4 is 11.6 Å². The first-order valence-corrected chi connectivity index (χ1v) is 7.30. The van der Waals surface area contributed by atoms with E-state index in [2.05, 4.69) is 5.32 Å².